The van der Waals surface area contributed by atoms with Crippen molar-refractivity contribution in [2.45, 2.75) is 26.3 Å². The Morgan fingerprint density at radius 1 is 1.17 bits per heavy atom. The third kappa shape index (κ3) is 4.34. The molecule has 0 spiro atoms. The van der Waals surface area contributed by atoms with Crippen molar-refractivity contribution in [3.63, 3.8) is 0 Å². The molecule has 2 aromatic rings. The molecule has 1 N–H and O–H groups in total. The zero-order chi connectivity index (χ0) is 15.4. The number of rotatable bonds is 5. The second-order valence-corrected chi connectivity index (χ2v) is 6.30. The zero-order valence-corrected chi connectivity index (χ0v) is 14.9. The lowest BCUT2D eigenvalue weighted by Crippen LogP contribution is -2.36. The summed E-state index contributed by atoms with van der Waals surface area (Å²) in [6, 6.07) is 10.6. The summed E-state index contributed by atoms with van der Waals surface area (Å²) in [6.07, 6.45) is 4.49. The number of aromatic nitrogens is 2. The van der Waals surface area contributed by atoms with Crippen LogP contribution in [0.1, 0.15) is 24.1 Å². The maximum atomic E-state index is 4.54. The van der Waals surface area contributed by atoms with Gasteiger partial charge in [-0.15, -0.1) is 12.4 Å². The summed E-state index contributed by atoms with van der Waals surface area (Å²) in [5, 5.41) is 7.84. The van der Waals surface area contributed by atoms with Gasteiger partial charge in [0.2, 0.25) is 0 Å². The highest BCUT2D eigenvalue weighted by Gasteiger charge is 2.20. The highest BCUT2D eigenvalue weighted by molar-refractivity contribution is 5.85. The van der Waals surface area contributed by atoms with Crippen LogP contribution < -0.4 is 5.32 Å². The summed E-state index contributed by atoms with van der Waals surface area (Å²) in [4.78, 5) is 2.55. The maximum Gasteiger partial charge on any atom is 0.0678 e. The van der Waals surface area contributed by atoms with Crippen LogP contribution in [0.2, 0.25) is 0 Å². The number of benzene rings is 1. The van der Waals surface area contributed by atoms with Gasteiger partial charge in [-0.3, -0.25) is 4.90 Å². The number of nitrogens with zero attached hydrogens (tertiary/aromatic N) is 3. The number of para-hydroxylation sites is 1. The van der Waals surface area contributed by atoms with Crippen molar-refractivity contribution in [1.29, 1.82) is 0 Å². The molecule has 0 atom stereocenters. The molecule has 1 aromatic carbocycles. The van der Waals surface area contributed by atoms with Gasteiger partial charge in [0.25, 0.3) is 0 Å². The standard InChI is InChI=1S/C18H26N4.ClH/c1-15-5-3-4-6-18(15)22-17(7-10-20-22)14-21-11-8-16(9-12-21)13-19-2;/h3-7,10,16,19H,8-9,11-14H2,1-2H3;1H. The summed E-state index contributed by atoms with van der Waals surface area (Å²) in [7, 11) is 2.05. The molecule has 0 radical (unpaired) electrons. The number of hydrogen-bond donors (Lipinski definition) is 1. The highest BCUT2D eigenvalue weighted by Crippen LogP contribution is 2.20. The Kier molecular flexibility index (Phi) is 6.63. The first-order chi connectivity index (χ1) is 10.8. The maximum absolute atomic E-state index is 4.54. The Morgan fingerprint density at radius 3 is 2.61 bits per heavy atom. The van der Waals surface area contributed by atoms with E-state index in [1.165, 1.54) is 42.9 Å². The predicted octanol–water partition coefficient (Wildman–Crippen LogP) is 3.03. The van der Waals surface area contributed by atoms with Gasteiger partial charge in [-0.1, -0.05) is 18.2 Å². The van der Waals surface area contributed by atoms with Crippen LogP contribution in [0.25, 0.3) is 5.69 Å². The molecule has 5 heteroatoms. The molecule has 3 rings (SSSR count). The fourth-order valence-corrected chi connectivity index (χ4v) is 3.33. The number of likely N-dealkylation sites (tertiary alicyclic amines) is 1. The summed E-state index contributed by atoms with van der Waals surface area (Å²) in [6.45, 7) is 6.65. The number of piperidine rings is 1. The van der Waals surface area contributed by atoms with Crippen molar-refractivity contribution < 1.29 is 0 Å². The molecule has 0 aliphatic carbocycles. The fraction of sp³-hybridized carbons (Fsp3) is 0.500. The summed E-state index contributed by atoms with van der Waals surface area (Å²) in [5.74, 6) is 0.836. The van der Waals surface area contributed by atoms with E-state index in [0.29, 0.717) is 0 Å². The largest absolute Gasteiger partial charge is 0.319 e. The van der Waals surface area contributed by atoms with Crippen molar-refractivity contribution in [3.8, 4) is 5.69 Å². The minimum absolute atomic E-state index is 0. The number of halogens is 1. The van der Waals surface area contributed by atoms with Gasteiger partial charge in [-0.2, -0.15) is 5.10 Å². The van der Waals surface area contributed by atoms with Crippen LogP contribution in [0.5, 0.6) is 0 Å². The van der Waals surface area contributed by atoms with E-state index in [2.05, 4.69) is 57.3 Å². The van der Waals surface area contributed by atoms with E-state index in [1.807, 2.05) is 13.2 Å². The molecule has 2 heterocycles. The minimum Gasteiger partial charge on any atom is -0.319 e. The van der Waals surface area contributed by atoms with Crippen LogP contribution in [0.4, 0.5) is 0 Å². The van der Waals surface area contributed by atoms with E-state index in [4.69, 9.17) is 0 Å². The topological polar surface area (TPSA) is 33.1 Å². The molecule has 23 heavy (non-hydrogen) atoms. The molecule has 0 saturated carbocycles. The molecular weight excluding hydrogens is 308 g/mol. The Labute approximate surface area is 145 Å². The Bertz CT molecular complexity index is 603. The van der Waals surface area contributed by atoms with Gasteiger partial charge >= 0.3 is 0 Å². The van der Waals surface area contributed by atoms with Gasteiger partial charge in [0.05, 0.1) is 11.4 Å². The summed E-state index contributed by atoms with van der Waals surface area (Å²) < 4.78 is 2.09. The van der Waals surface area contributed by atoms with E-state index >= 15 is 0 Å². The molecule has 0 amide bonds. The van der Waals surface area contributed by atoms with E-state index < -0.39 is 0 Å². The second kappa shape index (κ2) is 8.48. The monoisotopic (exact) mass is 334 g/mol. The van der Waals surface area contributed by atoms with E-state index in [9.17, 15) is 0 Å². The van der Waals surface area contributed by atoms with Crippen LogP contribution in [0.15, 0.2) is 36.5 Å². The molecule has 1 aliphatic heterocycles. The molecular formula is C18H27ClN4. The lowest BCUT2D eigenvalue weighted by atomic mass is 9.97. The Balaban J connectivity index is 0.00000192. The van der Waals surface area contributed by atoms with E-state index in [0.717, 1.165) is 19.0 Å². The van der Waals surface area contributed by atoms with Gasteiger partial charge < -0.3 is 5.32 Å². The average Bonchev–Trinajstić information content (AvgIpc) is 2.98. The fourth-order valence-electron chi connectivity index (χ4n) is 3.33. The smallest absolute Gasteiger partial charge is 0.0678 e. The lowest BCUT2D eigenvalue weighted by molar-refractivity contribution is 0.174. The SMILES string of the molecule is CNCC1CCN(Cc2ccnn2-c2ccccc2C)CC1.Cl. The van der Waals surface area contributed by atoms with Crippen molar-refractivity contribution in [3.05, 3.63) is 47.8 Å². The molecule has 1 aliphatic rings. The lowest BCUT2D eigenvalue weighted by Gasteiger charge is -2.31. The van der Waals surface area contributed by atoms with Crippen LogP contribution in [-0.4, -0.2) is 41.4 Å². The molecule has 1 aromatic heterocycles. The van der Waals surface area contributed by atoms with Crippen molar-refractivity contribution in [2.75, 3.05) is 26.7 Å². The molecule has 0 unspecified atom stereocenters. The quantitative estimate of drug-likeness (QED) is 0.912. The van der Waals surface area contributed by atoms with Gasteiger partial charge in [-0.05, 0) is 70.1 Å². The van der Waals surface area contributed by atoms with E-state index in [-0.39, 0.29) is 12.4 Å². The highest BCUT2D eigenvalue weighted by atomic mass is 35.5. The number of hydrogen-bond acceptors (Lipinski definition) is 3. The third-order valence-corrected chi connectivity index (χ3v) is 4.65. The predicted molar refractivity (Wildman–Crippen MR) is 97.5 cm³/mol. The van der Waals surface area contributed by atoms with Crippen molar-refractivity contribution in [2.24, 2.45) is 5.92 Å². The molecule has 4 nitrogen and oxygen atoms in total. The van der Waals surface area contributed by atoms with Gasteiger partial charge in [0, 0.05) is 12.7 Å². The van der Waals surface area contributed by atoms with Gasteiger partial charge in [0.1, 0.15) is 0 Å². The van der Waals surface area contributed by atoms with Crippen LogP contribution in [-0.2, 0) is 6.54 Å². The summed E-state index contributed by atoms with van der Waals surface area (Å²) >= 11 is 0. The molecule has 126 valence electrons. The molecule has 1 saturated heterocycles. The molecule has 0 bridgehead atoms. The normalized spacial score (nSPS) is 16.3. The third-order valence-electron chi connectivity index (χ3n) is 4.65. The number of aryl methyl sites for hydroxylation is 1. The van der Waals surface area contributed by atoms with E-state index in [1.54, 1.807) is 0 Å². The first-order valence-corrected chi connectivity index (χ1v) is 8.24. The first kappa shape index (κ1) is 18.0. The summed E-state index contributed by atoms with van der Waals surface area (Å²) in [5.41, 5.74) is 3.73. The van der Waals surface area contributed by atoms with Crippen LogP contribution in [0.3, 0.4) is 0 Å². The van der Waals surface area contributed by atoms with Crippen molar-refractivity contribution >= 4 is 12.4 Å². The molecule has 1 fully saturated rings. The van der Waals surface area contributed by atoms with Gasteiger partial charge in [0.15, 0.2) is 0 Å². The first-order valence-electron chi connectivity index (χ1n) is 8.24. The minimum atomic E-state index is 0. The average molecular weight is 335 g/mol. The van der Waals surface area contributed by atoms with Gasteiger partial charge in [-0.25, -0.2) is 4.68 Å². The van der Waals surface area contributed by atoms with Crippen LogP contribution in [0, 0.1) is 12.8 Å². The second-order valence-electron chi connectivity index (χ2n) is 6.30. The zero-order valence-electron chi connectivity index (χ0n) is 14.0. The Hall–Kier alpha value is -1.36. The van der Waals surface area contributed by atoms with Crippen molar-refractivity contribution in [1.82, 2.24) is 20.0 Å². The Morgan fingerprint density at radius 2 is 1.91 bits per heavy atom. The van der Waals surface area contributed by atoms with Crippen LogP contribution >= 0.6 is 12.4 Å². The number of nitrogens with one attached hydrogen (secondary N) is 1.